The molecule has 0 saturated carbocycles. The summed E-state index contributed by atoms with van der Waals surface area (Å²) in [5.41, 5.74) is 15.5. The Morgan fingerprint density at radius 3 is 1.72 bits per heavy atom. The highest BCUT2D eigenvalue weighted by molar-refractivity contribution is 6.10. The predicted molar refractivity (Wildman–Crippen MR) is 241 cm³/mol. The zero-order chi connectivity index (χ0) is 39.2. The number of para-hydroxylation sites is 4. The van der Waals surface area contributed by atoms with Crippen LogP contribution in [-0.4, -0.2) is 21.2 Å². The van der Waals surface area contributed by atoms with E-state index in [2.05, 4.69) is 211 Å². The van der Waals surface area contributed by atoms with Crippen molar-refractivity contribution in [1.29, 1.82) is 0 Å². The summed E-state index contributed by atoms with van der Waals surface area (Å²) in [5.74, 6) is 0.859. The Kier molecular flexibility index (Phi) is 8.71. The second kappa shape index (κ2) is 14.4. The van der Waals surface area contributed by atoms with Crippen LogP contribution in [0.25, 0.3) is 38.9 Å². The maximum atomic E-state index is 5.32. The third kappa shape index (κ3) is 6.22. The lowest BCUT2D eigenvalue weighted by Crippen LogP contribution is -2.24. The van der Waals surface area contributed by atoms with Gasteiger partial charge in [-0.05, 0) is 99.5 Å². The molecule has 0 amide bonds. The van der Waals surface area contributed by atoms with E-state index >= 15 is 0 Å². The molecule has 0 aliphatic carbocycles. The molecule has 6 aromatic carbocycles. The van der Waals surface area contributed by atoms with Gasteiger partial charge in [-0.15, -0.1) is 0 Å². The summed E-state index contributed by atoms with van der Waals surface area (Å²) in [4.78, 5) is 15.0. The largest absolute Gasteiger partial charge is 0.321 e. The van der Waals surface area contributed by atoms with Crippen LogP contribution in [-0.2, 0) is 5.41 Å². The molecule has 0 N–H and O–H groups in total. The third-order valence-corrected chi connectivity index (χ3v) is 11.2. The number of hydrogen-bond donors (Lipinski definition) is 0. The van der Waals surface area contributed by atoms with E-state index in [4.69, 9.17) is 9.97 Å². The van der Waals surface area contributed by atoms with Crippen molar-refractivity contribution in [3.8, 4) is 5.82 Å². The molecule has 0 atom stereocenters. The second-order valence-electron chi connectivity index (χ2n) is 16.0. The molecule has 1 aliphatic heterocycles. The van der Waals surface area contributed by atoms with Crippen molar-refractivity contribution in [3.05, 3.63) is 222 Å². The van der Waals surface area contributed by atoms with Gasteiger partial charge in [-0.2, -0.15) is 0 Å². The number of hydrogen-bond acceptors (Lipinski definition) is 4. The van der Waals surface area contributed by atoms with Gasteiger partial charge in [0.25, 0.3) is 0 Å². The maximum absolute atomic E-state index is 5.32. The first-order chi connectivity index (χ1) is 28.4. The molecule has 280 valence electrons. The molecule has 0 fully saturated rings. The van der Waals surface area contributed by atoms with Crippen molar-refractivity contribution in [2.24, 2.45) is 0 Å². The van der Waals surface area contributed by atoms with Gasteiger partial charge in [-0.1, -0.05) is 142 Å². The van der Waals surface area contributed by atoms with E-state index in [0.29, 0.717) is 6.67 Å². The highest BCUT2D eigenvalue weighted by Gasteiger charge is 2.30. The number of benzene rings is 6. The molecule has 1 aliphatic rings. The van der Waals surface area contributed by atoms with Crippen molar-refractivity contribution >= 4 is 55.8 Å². The number of aromatic nitrogens is 3. The van der Waals surface area contributed by atoms with E-state index in [1.807, 2.05) is 18.3 Å². The minimum absolute atomic E-state index is 0.137. The minimum Gasteiger partial charge on any atom is -0.321 e. The minimum atomic E-state index is -0.137. The van der Waals surface area contributed by atoms with Gasteiger partial charge in [-0.3, -0.25) is 9.55 Å². The molecule has 0 spiro atoms. The Labute approximate surface area is 339 Å². The van der Waals surface area contributed by atoms with Crippen LogP contribution >= 0.6 is 0 Å². The van der Waals surface area contributed by atoms with Crippen LogP contribution in [0.5, 0.6) is 0 Å². The normalized spacial score (nSPS) is 12.6. The summed E-state index contributed by atoms with van der Waals surface area (Å²) in [6.45, 7) is 7.61. The average Bonchev–Trinajstić information content (AvgIpc) is 3.82. The molecule has 5 nitrogen and oxygen atoms in total. The van der Waals surface area contributed by atoms with E-state index in [1.54, 1.807) is 0 Å². The zero-order valence-corrected chi connectivity index (χ0v) is 32.9. The summed E-state index contributed by atoms with van der Waals surface area (Å²) >= 11 is 0. The van der Waals surface area contributed by atoms with E-state index in [1.165, 1.54) is 22.6 Å². The molecule has 4 heterocycles. The van der Waals surface area contributed by atoms with Crippen molar-refractivity contribution in [2.45, 2.75) is 26.2 Å². The van der Waals surface area contributed by atoms with Gasteiger partial charge in [0.05, 0.1) is 27.9 Å². The summed E-state index contributed by atoms with van der Waals surface area (Å²) in [6.07, 6.45) is 3.93. The monoisotopic (exact) mass is 749 g/mol. The fraction of sp³-hybridized carbons (Fsp3) is 0.0943. The number of rotatable bonds is 7. The van der Waals surface area contributed by atoms with Crippen LogP contribution in [0.15, 0.2) is 194 Å². The molecule has 0 radical (unpaired) electrons. The van der Waals surface area contributed by atoms with Crippen LogP contribution in [0.2, 0.25) is 0 Å². The molecule has 9 aromatic rings. The molecular formula is C53H43N5. The average molecular weight is 750 g/mol. The van der Waals surface area contributed by atoms with Gasteiger partial charge >= 0.3 is 0 Å². The van der Waals surface area contributed by atoms with Crippen molar-refractivity contribution in [2.75, 3.05) is 16.5 Å². The Hall–Kier alpha value is -7.24. The Morgan fingerprint density at radius 1 is 0.483 bits per heavy atom. The molecule has 0 saturated heterocycles. The van der Waals surface area contributed by atoms with E-state index in [9.17, 15) is 0 Å². The van der Waals surface area contributed by atoms with E-state index < -0.39 is 0 Å². The number of anilines is 4. The number of fused-ring (bicyclic) bond motifs is 4. The van der Waals surface area contributed by atoms with Gasteiger partial charge in [0, 0.05) is 34.7 Å². The van der Waals surface area contributed by atoms with Crippen LogP contribution in [0.4, 0.5) is 22.7 Å². The molecule has 3 aromatic heterocycles. The quantitative estimate of drug-likeness (QED) is 0.152. The highest BCUT2D eigenvalue weighted by atomic mass is 15.4. The smallest absolute Gasteiger partial charge is 0.137 e. The first-order valence-electron chi connectivity index (χ1n) is 19.9. The van der Waals surface area contributed by atoms with E-state index in [0.717, 1.165) is 66.8 Å². The zero-order valence-electron chi connectivity index (χ0n) is 32.9. The fourth-order valence-corrected chi connectivity index (χ4v) is 8.43. The maximum Gasteiger partial charge on any atom is 0.137 e. The van der Waals surface area contributed by atoms with Crippen molar-refractivity contribution in [1.82, 2.24) is 14.5 Å². The highest BCUT2D eigenvalue weighted by Crippen LogP contribution is 2.47. The summed E-state index contributed by atoms with van der Waals surface area (Å²) in [6, 6.07) is 65.1. The fourth-order valence-electron chi connectivity index (χ4n) is 8.43. The van der Waals surface area contributed by atoms with Crippen LogP contribution < -0.4 is 9.80 Å². The first kappa shape index (κ1) is 35.2. The van der Waals surface area contributed by atoms with Gasteiger partial charge in [0.15, 0.2) is 0 Å². The second-order valence-corrected chi connectivity index (χ2v) is 16.0. The Bertz CT molecular complexity index is 2900. The van der Waals surface area contributed by atoms with Crippen LogP contribution in [0.1, 0.15) is 48.6 Å². The lowest BCUT2D eigenvalue weighted by molar-refractivity contribution is 0.590. The SMILES string of the molecule is CC(C)(C)c1cc(C(=C(c2ccccc2)c2ccccc2)c2cnc3c4ccccc4n(-c4ccccn4)c3c2)cc(N2CN(c3ccccc3)c3ccccc32)c1. The van der Waals surface area contributed by atoms with Gasteiger partial charge in [0.1, 0.15) is 12.5 Å². The molecule has 10 rings (SSSR count). The Balaban J connectivity index is 1.28. The van der Waals surface area contributed by atoms with Crippen LogP contribution in [0, 0.1) is 0 Å². The van der Waals surface area contributed by atoms with E-state index in [-0.39, 0.29) is 5.41 Å². The van der Waals surface area contributed by atoms with Gasteiger partial charge in [-0.25, -0.2) is 4.98 Å². The number of pyridine rings is 2. The summed E-state index contributed by atoms with van der Waals surface area (Å²) in [5, 5.41) is 1.10. The standard InChI is InChI=1S/C53H43N5/c1-53(2,3)41-31-39(32-43(34-41)57-36-56(42-23-11-6-12-24-42)46-27-15-16-28-47(46)57)51(50(37-19-7-4-8-20-37)38-21-9-5-10-22-38)40-33-48-52(55-35-40)44-25-13-14-26-45(44)58(48)49-29-17-18-30-54-49/h4-35H,36H2,1-3H3. The summed E-state index contributed by atoms with van der Waals surface area (Å²) in [7, 11) is 0. The lowest BCUT2D eigenvalue weighted by atomic mass is 9.81. The van der Waals surface area contributed by atoms with Crippen molar-refractivity contribution in [3.63, 3.8) is 0 Å². The molecule has 0 bridgehead atoms. The Morgan fingerprint density at radius 2 is 1.07 bits per heavy atom. The molecule has 0 unspecified atom stereocenters. The molecule has 58 heavy (non-hydrogen) atoms. The van der Waals surface area contributed by atoms with Crippen molar-refractivity contribution < 1.29 is 0 Å². The molecule has 5 heteroatoms. The van der Waals surface area contributed by atoms with Gasteiger partial charge in [0.2, 0.25) is 0 Å². The van der Waals surface area contributed by atoms with Gasteiger partial charge < -0.3 is 9.80 Å². The topological polar surface area (TPSA) is 37.2 Å². The third-order valence-electron chi connectivity index (χ3n) is 11.2. The van der Waals surface area contributed by atoms with Crippen LogP contribution in [0.3, 0.4) is 0 Å². The molecular weight excluding hydrogens is 707 g/mol. The number of nitrogens with zero attached hydrogens (tertiary/aromatic N) is 5. The first-order valence-corrected chi connectivity index (χ1v) is 19.9. The summed E-state index contributed by atoms with van der Waals surface area (Å²) < 4.78 is 2.25. The predicted octanol–water partition coefficient (Wildman–Crippen LogP) is 13.1. The lowest BCUT2D eigenvalue weighted by Gasteiger charge is -2.27.